The van der Waals surface area contributed by atoms with Gasteiger partial charge in [0, 0.05) is 11.6 Å². The van der Waals surface area contributed by atoms with Crippen LogP contribution < -0.4 is 10.1 Å². The van der Waals surface area contributed by atoms with E-state index in [0.29, 0.717) is 0 Å². The molecule has 0 saturated carbocycles. The molecule has 1 heterocycles. The van der Waals surface area contributed by atoms with Crippen molar-refractivity contribution >= 4 is 15.9 Å². The smallest absolute Gasteiger partial charge is 0.169 e. The molecule has 2 atom stereocenters. The van der Waals surface area contributed by atoms with E-state index in [1.54, 1.807) is 7.11 Å². The third-order valence-corrected chi connectivity index (χ3v) is 3.55. The Balaban J connectivity index is 2.10. The first-order valence-corrected chi connectivity index (χ1v) is 7.05. The van der Waals surface area contributed by atoms with E-state index in [4.69, 9.17) is 9.15 Å². The van der Waals surface area contributed by atoms with E-state index in [0.717, 1.165) is 21.7 Å². The predicted octanol–water partition coefficient (Wildman–Crippen LogP) is 4.46. The van der Waals surface area contributed by atoms with Gasteiger partial charge in [-0.15, -0.1) is 0 Å². The minimum atomic E-state index is 0.131. The summed E-state index contributed by atoms with van der Waals surface area (Å²) in [5.41, 5.74) is 1.14. The molecule has 2 rings (SSSR count). The quantitative estimate of drug-likeness (QED) is 0.881. The minimum Gasteiger partial charge on any atom is -0.496 e. The molecule has 1 N–H and O–H groups in total. The van der Waals surface area contributed by atoms with Gasteiger partial charge in [-0.25, -0.2) is 0 Å². The van der Waals surface area contributed by atoms with Crippen molar-refractivity contribution in [2.75, 3.05) is 7.11 Å². The zero-order chi connectivity index (χ0) is 13.8. The number of nitrogens with one attached hydrogen (secondary N) is 1. The molecular weight excluding hydrogens is 306 g/mol. The van der Waals surface area contributed by atoms with Gasteiger partial charge >= 0.3 is 0 Å². The van der Waals surface area contributed by atoms with Crippen LogP contribution in [0.2, 0.25) is 0 Å². The molecule has 1 aromatic carbocycles. The summed E-state index contributed by atoms with van der Waals surface area (Å²) in [4.78, 5) is 0. The Morgan fingerprint density at radius 2 is 1.84 bits per heavy atom. The predicted molar refractivity (Wildman–Crippen MR) is 79.4 cm³/mol. The SMILES string of the molecule is COc1ccccc1[C@H](C)NC(C)c1ccc(Br)o1. The van der Waals surface area contributed by atoms with Crippen molar-refractivity contribution in [3.05, 3.63) is 52.4 Å². The van der Waals surface area contributed by atoms with Crippen LogP contribution in [0.5, 0.6) is 5.75 Å². The van der Waals surface area contributed by atoms with Crippen LogP contribution in [-0.4, -0.2) is 7.11 Å². The zero-order valence-corrected chi connectivity index (χ0v) is 12.9. The van der Waals surface area contributed by atoms with E-state index in [2.05, 4.69) is 41.2 Å². The van der Waals surface area contributed by atoms with E-state index in [1.165, 1.54) is 0 Å². The van der Waals surface area contributed by atoms with Gasteiger partial charge in [-0.1, -0.05) is 18.2 Å². The molecule has 0 aliphatic carbocycles. The molecule has 102 valence electrons. The van der Waals surface area contributed by atoms with Crippen LogP contribution in [0.3, 0.4) is 0 Å². The van der Waals surface area contributed by atoms with Crippen molar-refractivity contribution in [1.82, 2.24) is 5.32 Å². The van der Waals surface area contributed by atoms with Crippen molar-refractivity contribution in [2.24, 2.45) is 0 Å². The third kappa shape index (κ3) is 3.39. The number of rotatable bonds is 5. The standard InChI is InChI=1S/C15H18BrNO2/c1-10(12-6-4-5-7-14(12)18-3)17-11(2)13-8-9-15(16)19-13/h4-11,17H,1-3H3/t10-,11?/m0/s1. The number of hydrogen-bond acceptors (Lipinski definition) is 3. The molecule has 0 aliphatic rings. The molecule has 1 unspecified atom stereocenters. The van der Waals surface area contributed by atoms with Crippen LogP contribution in [0.1, 0.15) is 37.3 Å². The molecule has 4 heteroatoms. The van der Waals surface area contributed by atoms with Gasteiger partial charge in [0.05, 0.1) is 13.2 Å². The molecule has 2 aromatic rings. The minimum absolute atomic E-state index is 0.131. The summed E-state index contributed by atoms with van der Waals surface area (Å²) in [6, 6.07) is 12.2. The second kappa shape index (κ2) is 6.26. The zero-order valence-electron chi connectivity index (χ0n) is 11.3. The average Bonchev–Trinajstić information content (AvgIpc) is 2.85. The maximum atomic E-state index is 5.56. The van der Waals surface area contributed by atoms with E-state index < -0.39 is 0 Å². The van der Waals surface area contributed by atoms with Gasteiger partial charge in [0.2, 0.25) is 0 Å². The van der Waals surface area contributed by atoms with Crippen LogP contribution in [0.15, 0.2) is 45.5 Å². The summed E-state index contributed by atoms with van der Waals surface area (Å²) in [7, 11) is 1.69. The Hall–Kier alpha value is -1.26. The fourth-order valence-electron chi connectivity index (χ4n) is 2.13. The molecule has 1 aromatic heterocycles. The number of halogens is 1. The van der Waals surface area contributed by atoms with E-state index in [9.17, 15) is 0 Å². The highest BCUT2D eigenvalue weighted by molar-refractivity contribution is 9.10. The van der Waals surface area contributed by atoms with Gasteiger partial charge in [0.25, 0.3) is 0 Å². The van der Waals surface area contributed by atoms with Gasteiger partial charge in [-0.2, -0.15) is 0 Å². The summed E-state index contributed by atoms with van der Waals surface area (Å²) in [5.74, 6) is 1.81. The van der Waals surface area contributed by atoms with Crippen molar-refractivity contribution in [2.45, 2.75) is 25.9 Å². The molecular formula is C15H18BrNO2. The van der Waals surface area contributed by atoms with Crippen molar-refractivity contribution in [3.8, 4) is 5.75 Å². The molecule has 0 spiro atoms. The third-order valence-electron chi connectivity index (χ3n) is 3.13. The largest absolute Gasteiger partial charge is 0.496 e. The van der Waals surface area contributed by atoms with Gasteiger partial charge in [0.1, 0.15) is 11.5 Å². The fraction of sp³-hybridized carbons (Fsp3) is 0.333. The second-order valence-corrected chi connectivity index (χ2v) is 5.28. The first kappa shape index (κ1) is 14.2. The van der Waals surface area contributed by atoms with Gasteiger partial charge in [-0.3, -0.25) is 0 Å². The van der Waals surface area contributed by atoms with E-state index in [1.807, 2.05) is 30.3 Å². The highest BCUT2D eigenvalue weighted by Gasteiger charge is 2.16. The normalized spacial score (nSPS) is 14.1. The molecule has 3 nitrogen and oxygen atoms in total. The van der Waals surface area contributed by atoms with Gasteiger partial charge < -0.3 is 14.5 Å². The lowest BCUT2D eigenvalue weighted by atomic mass is 10.1. The number of ether oxygens (including phenoxy) is 1. The Morgan fingerprint density at radius 1 is 1.11 bits per heavy atom. The lowest BCUT2D eigenvalue weighted by Gasteiger charge is -2.20. The van der Waals surface area contributed by atoms with Crippen molar-refractivity contribution < 1.29 is 9.15 Å². The maximum absolute atomic E-state index is 5.56. The van der Waals surface area contributed by atoms with E-state index >= 15 is 0 Å². The summed E-state index contributed by atoms with van der Waals surface area (Å²) in [5, 5.41) is 3.51. The van der Waals surface area contributed by atoms with Gasteiger partial charge in [0.15, 0.2) is 4.67 Å². The Kier molecular flexibility index (Phi) is 4.66. The highest BCUT2D eigenvalue weighted by Crippen LogP contribution is 2.27. The van der Waals surface area contributed by atoms with Crippen molar-refractivity contribution in [1.29, 1.82) is 0 Å². The first-order chi connectivity index (χ1) is 9.11. The summed E-state index contributed by atoms with van der Waals surface area (Å²) < 4.78 is 11.7. The Morgan fingerprint density at radius 3 is 2.47 bits per heavy atom. The monoisotopic (exact) mass is 323 g/mol. The van der Waals surface area contributed by atoms with Crippen LogP contribution in [0, 0.1) is 0 Å². The highest BCUT2D eigenvalue weighted by atomic mass is 79.9. The molecule has 0 amide bonds. The number of methoxy groups -OCH3 is 1. The first-order valence-electron chi connectivity index (χ1n) is 6.26. The second-order valence-electron chi connectivity index (χ2n) is 4.49. The van der Waals surface area contributed by atoms with Crippen LogP contribution in [0.4, 0.5) is 0 Å². The van der Waals surface area contributed by atoms with Gasteiger partial charge in [-0.05, 0) is 48.0 Å². The number of furan rings is 1. The lowest BCUT2D eigenvalue weighted by molar-refractivity contribution is 0.375. The molecule has 0 radical (unpaired) electrons. The molecule has 0 saturated heterocycles. The Bertz CT molecular complexity index is 538. The van der Waals surface area contributed by atoms with Crippen molar-refractivity contribution in [3.63, 3.8) is 0 Å². The fourth-order valence-corrected chi connectivity index (χ4v) is 2.45. The molecule has 19 heavy (non-hydrogen) atoms. The summed E-state index contributed by atoms with van der Waals surface area (Å²) >= 11 is 3.32. The topological polar surface area (TPSA) is 34.4 Å². The van der Waals surface area contributed by atoms with Crippen LogP contribution >= 0.6 is 15.9 Å². The molecule has 0 aliphatic heterocycles. The Labute approximate surface area is 122 Å². The number of benzene rings is 1. The maximum Gasteiger partial charge on any atom is 0.169 e. The molecule has 0 fully saturated rings. The van der Waals surface area contributed by atoms with E-state index in [-0.39, 0.29) is 12.1 Å². The summed E-state index contributed by atoms with van der Waals surface area (Å²) in [6.45, 7) is 4.20. The lowest BCUT2D eigenvalue weighted by Crippen LogP contribution is -2.22. The van der Waals surface area contributed by atoms with Crippen LogP contribution in [-0.2, 0) is 0 Å². The average molecular weight is 324 g/mol. The number of para-hydroxylation sites is 1. The van der Waals surface area contributed by atoms with Crippen LogP contribution in [0.25, 0.3) is 0 Å². The molecule has 0 bridgehead atoms. The summed E-state index contributed by atoms with van der Waals surface area (Å²) in [6.07, 6.45) is 0. The number of hydrogen-bond donors (Lipinski definition) is 1.